The van der Waals surface area contributed by atoms with Crippen molar-refractivity contribution in [3.63, 3.8) is 0 Å². The van der Waals surface area contributed by atoms with Crippen LogP contribution in [-0.2, 0) is 9.59 Å². The first-order chi connectivity index (χ1) is 10.2. The molecule has 0 radical (unpaired) electrons. The van der Waals surface area contributed by atoms with E-state index in [1.807, 2.05) is 38.1 Å². The molecule has 5 nitrogen and oxygen atoms in total. The maximum absolute atomic E-state index is 12.1. The van der Waals surface area contributed by atoms with E-state index in [4.69, 9.17) is 4.74 Å². The van der Waals surface area contributed by atoms with Crippen LogP contribution in [0.5, 0.6) is 5.75 Å². The summed E-state index contributed by atoms with van der Waals surface area (Å²) in [6.45, 7) is 5.65. The lowest BCUT2D eigenvalue weighted by Gasteiger charge is -2.17. The Labute approximate surface area is 125 Å². The number of rotatable bonds is 6. The maximum Gasteiger partial charge on any atom is 0.227 e. The number of hydrogen-bond acceptors (Lipinski definition) is 3. The van der Waals surface area contributed by atoms with E-state index in [1.165, 1.54) is 0 Å². The third kappa shape index (κ3) is 3.74. The number of nitrogens with one attached hydrogen (secondary N) is 1. The van der Waals surface area contributed by atoms with Crippen LogP contribution >= 0.6 is 0 Å². The molecule has 1 atom stereocenters. The topological polar surface area (TPSA) is 58.6 Å². The summed E-state index contributed by atoms with van der Waals surface area (Å²) in [5.41, 5.74) is 0.814. The van der Waals surface area contributed by atoms with Gasteiger partial charge in [0.05, 0.1) is 12.5 Å². The summed E-state index contributed by atoms with van der Waals surface area (Å²) in [4.78, 5) is 25.7. The number of hydrogen-bond donors (Lipinski definition) is 1. The largest absolute Gasteiger partial charge is 0.494 e. The minimum absolute atomic E-state index is 0.00388. The first-order valence-electron chi connectivity index (χ1n) is 7.46. The monoisotopic (exact) mass is 290 g/mol. The highest BCUT2D eigenvalue weighted by atomic mass is 16.5. The van der Waals surface area contributed by atoms with Crippen LogP contribution in [0.1, 0.15) is 26.7 Å². The molecule has 2 rings (SSSR count). The van der Waals surface area contributed by atoms with Crippen molar-refractivity contribution in [2.75, 3.05) is 24.6 Å². The Morgan fingerprint density at radius 1 is 1.33 bits per heavy atom. The second kappa shape index (κ2) is 7.11. The average Bonchev–Trinajstić information content (AvgIpc) is 2.88. The zero-order valence-corrected chi connectivity index (χ0v) is 12.6. The Bertz CT molecular complexity index is 499. The summed E-state index contributed by atoms with van der Waals surface area (Å²) in [6, 6.07) is 7.40. The molecule has 0 saturated carbocycles. The van der Waals surface area contributed by atoms with Gasteiger partial charge in [0.25, 0.3) is 0 Å². The van der Waals surface area contributed by atoms with Gasteiger partial charge in [-0.15, -0.1) is 0 Å². The van der Waals surface area contributed by atoms with Crippen LogP contribution in [-0.4, -0.2) is 31.5 Å². The Morgan fingerprint density at radius 3 is 2.67 bits per heavy atom. The van der Waals surface area contributed by atoms with Crippen LogP contribution < -0.4 is 15.0 Å². The van der Waals surface area contributed by atoms with Gasteiger partial charge in [0.2, 0.25) is 11.8 Å². The highest BCUT2D eigenvalue weighted by Gasteiger charge is 2.34. The quantitative estimate of drug-likeness (QED) is 0.871. The molecule has 0 spiro atoms. The number of carbonyl (C=O) groups is 2. The lowest BCUT2D eigenvalue weighted by atomic mass is 10.1. The lowest BCUT2D eigenvalue weighted by molar-refractivity contribution is -0.126. The van der Waals surface area contributed by atoms with Crippen molar-refractivity contribution in [2.45, 2.75) is 26.7 Å². The molecule has 2 amide bonds. The Morgan fingerprint density at radius 2 is 2.05 bits per heavy atom. The molecule has 1 aromatic carbocycles. The van der Waals surface area contributed by atoms with E-state index < -0.39 is 0 Å². The van der Waals surface area contributed by atoms with Crippen LogP contribution in [0.15, 0.2) is 24.3 Å². The molecule has 1 heterocycles. The fourth-order valence-corrected chi connectivity index (χ4v) is 2.41. The molecule has 1 aromatic rings. The van der Waals surface area contributed by atoms with E-state index in [0.29, 0.717) is 19.7 Å². The SMILES string of the molecule is CCCNC(=O)[C@@H]1CC(=O)N(c2ccc(OCC)cc2)C1. The molecule has 5 heteroatoms. The second-order valence-corrected chi connectivity index (χ2v) is 5.12. The van der Waals surface area contributed by atoms with E-state index >= 15 is 0 Å². The zero-order valence-electron chi connectivity index (χ0n) is 12.6. The zero-order chi connectivity index (χ0) is 15.2. The lowest BCUT2D eigenvalue weighted by Crippen LogP contribution is -2.33. The molecule has 114 valence electrons. The molecule has 1 aliphatic heterocycles. The van der Waals surface area contributed by atoms with Crippen molar-refractivity contribution in [2.24, 2.45) is 5.92 Å². The molecule has 1 aliphatic rings. The number of ether oxygens (including phenoxy) is 1. The van der Waals surface area contributed by atoms with Crippen molar-refractivity contribution >= 4 is 17.5 Å². The summed E-state index contributed by atoms with van der Waals surface area (Å²) in [5, 5.41) is 2.85. The summed E-state index contributed by atoms with van der Waals surface area (Å²) < 4.78 is 5.39. The Hall–Kier alpha value is -2.04. The predicted molar refractivity (Wildman–Crippen MR) is 81.4 cm³/mol. The Kier molecular flexibility index (Phi) is 5.20. The normalized spacial score (nSPS) is 17.9. The maximum atomic E-state index is 12.1. The predicted octanol–water partition coefficient (Wildman–Crippen LogP) is 1.96. The number of benzene rings is 1. The number of amides is 2. The molecule has 0 aliphatic carbocycles. The first-order valence-corrected chi connectivity index (χ1v) is 7.46. The van der Waals surface area contributed by atoms with Gasteiger partial charge in [-0.3, -0.25) is 9.59 Å². The van der Waals surface area contributed by atoms with Gasteiger partial charge in [-0.25, -0.2) is 0 Å². The van der Waals surface area contributed by atoms with Crippen LogP contribution in [0.2, 0.25) is 0 Å². The van der Waals surface area contributed by atoms with Crippen molar-refractivity contribution < 1.29 is 14.3 Å². The average molecular weight is 290 g/mol. The summed E-state index contributed by atoms with van der Waals surface area (Å²) in [6.07, 6.45) is 1.18. The molecular weight excluding hydrogens is 268 g/mol. The fraction of sp³-hybridized carbons (Fsp3) is 0.500. The van der Waals surface area contributed by atoms with Gasteiger partial charge in [-0.2, -0.15) is 0 Å². The molecule has 1 N–H and O–H groups in total. The molecule has 0 aromatic heterocycles. The summed E-state index contributed by atoms with van der Waals surface area (Å²) in [5.74, 6) is 0.496. The first kappa shape index (κ1) is 15.4. The van der Waals surface area contributed by atoms with Gasteiger partial charge in [-0.1, -0.05) is 6.92 Å². The minimum atomic E-state index is -0.254. The van der Waals surface area contributed by atoms with E-state index in [0.717, 1.165) is 17.9 Å². The smallest absolute Gasteiger partial charge is 0.227 e. The van der Waals surface area contributed by atoms with E-state index in [9.17, 15) is 9.59 Å². The molecule has 21 heavy (non-hydrogen) atoms. The van der Waals surface area contributed by atoms with E-state index in [-0.39, 0.29) is 24.2 Å². The van der Waals surface area contributed by atoms with Crippen molar-refractivity contribution in [1.82, 2.24) is 5.32 Å². The molecule has 0 unspecified atom stereocenters. The molecule has 1 fully saturated rings. The molecule has 1 saturated heterocycles. The van der Waals surface area contributed by atoms with Crippen LogP contribution in [0.3, 0.4) is 0 Å². The molecular formula is C16H22N2O3. The van der Waals surface area contributed by atoms with Gasteiger partial charge in [0.15, 0.2) is 0 Å². The number of carbonyl (C=O) groups excluding carboxylic acids is 2. The van der Waals surface area contributed by atoms with Crippen molar-refractivity contribution in [3.05, 3.63) is 24.3 Å². The standard InChI is InChI=1S/C16H22N2O3/c1-3-9-17-16(20)12-10-15(19)18(11-12)13-5-7-14(8-6-13)21-4-2/h5-8,12H,3-4,9-11H2,1-2H3,(H,17,20)/t12-/m1/s1. The number of anilines is 1. The number of nitrogens with zero attached hydrogens (tertiary/aromatic N) is 1. The highest BCUT2D eigenvalue weighted by molar-refractivity contribution is 6.00. The van der Waals surface area contributed by atoms with Gasteiger partial charge < -0.3 is 15.0 Å². The second-order valence-electron chi connectivity index (χ2n) is 5.12. The molecule has 0 bridgehead atoms. The van der Waals surface area contributed by atoms with Gasteiger partial charge in [-0.05, 0) is 37.6 Å². The van der Waals surface area contributed by atoms with Gasteiger partial charge in [0.1, 0.15) is 5.75 Å². The van der Waals surface area contributed by atoms with Crippen LogP contribution in [0.25, 0.3) is 0 Å². The van der Waals surface area contributed by atoms with E-state index in [2.05, 4.69) is 5.32 Å². The van der Waals surface area contributed by atoms with Crippen molar-refractivity contribution in [1.29, 1.82) is 0 Å². The summed E-state index contributed by atoms with van der Waals surface area (Å²) >= 11 is 0. The summed E-state index contributed by atoms with van der Waals surface area (Å²) in [7, 11) is 0. The third-order valence-corrected chi connectivity index (χ3v) is 3.50. The Balaban J connectivity index is 2.00. The van der Waals surface area contributed by atoms with Crippen LogP contribution in [0, 0.1) is 5.92 Å². The third-order valence-electron chi connectivity index (χ3n) is 3.50. The van der Waals surface area contributed by atoms with Gasteiger partial charge >= 0.3 is 0 Å². The van der Waals surface area contributed by atoms with Gasteiger partial charge in [0, 0.05) is 25.2 Å². The van der Waals surface area contributed by atoms with Crippen molar-refractivity contribution in [3.8, 4) is 5.75 Å². The van der Waals surface area contributed by atoms with Crippen LogP contribution in [0.4, 0.5) is 5.69 Å². The fourth-order valence-electron chi connectivity index (χ4n) is 2.41. The highest BCUT2D eigenvalue weighted by Crippen LogP contribution is 2.26. The minimum Gasteiger partial charge on any atom is -0.494 e. The van der Waals surface area contributed by atoms with E-state index in [1.54, 1.807) is 4.90 Å².